The Morgan fingerprint density at radius 2 is 0.730 bits per heavy atom. The number of hydrogen-bond donors (Lipinski definition) is 5. The maximum absolute atomic E-state index is 13.6. The van der Waals surface area contributed by atoms with Crippen molar-refractivity contribution < 1.29 is 65.9 Å². The number of likely N-dealkylation sites (tertiary alicyclic amines) is 1. The highest BCUT2D eigenvalue weighted by Crippen LogP contribution is 2.35. The van der Waals surface area contributed by atoms with E-state index in [4.69, 9.17) is 29.4 Å². The van der Waals surface area contributed by atoms with Crippen molar-refractivity contribution in [2.24, 2.45) is 5.92 Å². The van der Waals surface area contributed by atoms with Crippen LogP contribution in [0, 0.1) is 40.5 Å². The molecule has 0 spiro atoms. The molecule has 776 valence electrons. The van der Waals surface area contributed by atoms with Crippen LogP contribution >= 0.6 is 56.7 Å². The Labute approximate surface area is 869 Å². The second-order valence-electron chi connectivity index (χ2n) is 35.8. The molecule has 5 aromatic carbocycles. The number of amides is 5. The molecule has 148 heavy (non-hydrogen) atoms. The van der Waals surface area contributed by atoms with Crippen molar-refractivity contribution in [1.29, 1.82) is 0 Å². The summed E-state index contributed by atoms with van der Waals surface area (Å²) in [5.74, 6) is 2.22. The predicted octanol–water partition coefficient (Wildman–Crippen LogP) is 16.6. The molecule has 2 aliphatic heterocycles. The number of ether oxygens (including phenoxy) is 5. The number of halogens is 3. The van der Waals surface area contributed by atoms with Crippen LogP contribution in [-0.2, 0) is 0 Å². The molecule has 13 heterocycles. The lowest BCUT2D eigenvalue weighted by atomic mass is 9.92. The number of aliphatic hydroxyl groups excluding tert-OH is 1. The number of nitrogens with zero attached hydrogens (tertiary/aromatic N) is 14. The van der Waals surface area contributed by atoms with Gasteiger partial charge in [-0.05, 0) is 228 Å². The summed E-state index contributed by atoms with van der Waals surface area (Å²) in [6.07, 6.45) is 5.39. The fourth-order valence-corrected chi connectivity index (χ4v) is 20.8. The zero-order valence-electron chi connectivity index (χ0n) is 84.2. The minimum absolute atomic E-state index is 0.0306. The zero-order valence-corrected chi connectivity index (χ0v) is 88.2. The standard InChI is InChI=1S/C25H25N5O3S.C22H26N4O3S.C20H22FN3O4S.C20H22FN3O3S.C19H20FN3O3S/c1-16-4-5-19(14-26-16)28-10-12-29(13-11-28)25(32)23-21-15-34-17(2)22(21)24(31)30(27-23)18-6-8-20(33-3)9-7-18;1-3-4-14-9-11-25(12-10-14)22(28)19-17-13-30-20(23)18(17)21(27)26(24-19)15-5-7-16(29-2)8-6-15;1-11(2)22-19(26)18-16-10-29-12(3)17(16)20(27)24(23-18)13-4-6-15(7-5-13)28-9-14(25)8-21;1-12(2)22-19(25)18-16-11-28-13(3)17(16)20(26)24(23-18)14-5-7-15(8-6-14)27-10-4-9-21;1-11(2)21-18(24)17-15-10-27-12(3)16(15)19(25)23(22-17)13-4-6-14(7-5-13)26-9-8-20/h4-9,14-15H,10-13H2,1-3H3;5-8,13-14H,3-4,9-12,23H2,1-2H3;4-7,10-11,14,25H,8-9H2,1-3H3,(H,22,26);5-8,11-12H,4,9-10H2,1-3H3,(H,22,25);4-7,10-11H,8-9H2,1-3H3,(H,21,24)/i;;2*21-1;20-1. The van der Waals surface area contributed by atoms with Crippen LogP contribution < -0.4 is 78.1 Å². The molecule has 0 radical (unpaired) electrons. The number of benzene rings is 5. The summed E-state index contributed by atoms with van der Waals surface area (Å²) in [5, 5.41) is 54.3. The quantitative estimate of drug-likeness (QED) is 0.0272. The van der Waals surface area contributed by atoms with E-state index in [0.717, 1.165) is 43.7 Å². The molecule has 34 nitrogen and oxygen atoms in total. The zero-order chi connectivity index (χ0) is 106. The average molecular weight is 2110 g/mol. The number of methoxy groups -OCH3 is 2. The average Bonchev–Trinajstić information content (AvgIpc) is 1.62. The number of nitrogens with one attached hydrogen (secondary N) is 3. The molecular formula is C106H115F3N18O16S5. The number of aliphatic hydroxyl groups is 1. The van der Waals surface area contributed by atoms with Gasteiger partial charge in [0, 0.05) is 143 Å². The molecule has 16 aromatic rings. The number of carbonyl (C=O) groups excluding carboxylic acids is 5. The Kier molecular flexibility index (Phi) is 36.5. The lowest BCUT2D eigenvalue weighted by molar-refractivity contribution is 0.0679. The number of aromatic nitrogens is 11. The lowest BCUT2D eigenvalue weighted by Gasteiger charge is -2.35. The number of nitrogen functional groups attached to an aromatic ring is 1. The van der Waals surface area contributed by atoms with Gasteiger partial charge in [0.15, 0.2) is 28.5 Å². The van der Waals surface area contributed by atoms with Crippen LogP contribution in [-0.4, -0.2) is 216 Å². The number of hydrogen-bond acceptors (Lipinski definition) is 29. The second kappa shape index (κ2) is 49.6. The van der Waals surface area contributed by atoms with Gasteiger partial charge in [0.25, 0.3) is 57.3 Å². The summed E-state index contributed by atoms with van der Waals surface area (Å²) in [5.41, 5.74) is 10.5. The number of anilines is 2. The van der Waals surface area contributed by atoms with Gasteiger partial charge in [0.1, 0.15) is 61.4 Å². The Hall–Kier alpha value is -14.9. The fourth-order valence-electron chi connectivity index (χ4n) is 16.6. The maximum Gasteiger partial charge on any atom is 0.282 e. The molecule has 1 atom stereocenters. The van der Waals surface area contributed by atoms with E-state index in [-0.39, 0.29) is 118 Å². The number of carbonyl (C=O) groups is 5. The highest BCUT2D eigenvalue weighted by Gasteiger charge is 2.33. The van der Waals surface area contributed by atoms with E-state index in [1.165, 1.54) is 92.9 Å². The summed E-state index contributed by atoms with van der Waals surface area (Å²) in [4.78, 5) is 144. The number of piperidine rings is 1. The molecule has 2 saturated heterocycles. The number of piperazine rings is 1. The van der Waals surface area contributed by atoms with Crippen molar-refractivity contribution in [3.05, 3.63) is 272 Å². The first-order chi connectivity index (χ1) is 71.1. The Morgan fingerprint density at radius 3 is 1.06 bits per heavy atom. The van der Waals surface area contributed by atoms with Gasteiger partial charge in [-0.15, -0.1) is 56.7 Å². The summed E-state index contributed by atoms with van der Waals surface area (Å²) < 4.78 is 69.3. The molecular weight excluding hydrogens is 2000 g/mol. The molecule has 0 aliphatic carbocycles. The molecule has 0 saturated carbocycles. The summed E-state index contributed by atoms with van der Waals surface area (Å²) in [7, 11) is 3.17. The molecule has 18 rings (SSSR count). The van der Waals surface area contributed by atoms with Crippen molar-refractivity contribution in [2.75, 3.05) is 104 Å². The van der Waals surface area contributed by atoms with Gasteiger partial charge in [-0.3, -0.25) is 57.3 Å². The first-order valence-electron chi connectivity index (χ1n) is 48.0. The number of alkyl halides is 3. The van der Waals surface area contributed by atoms with Crippen LogP contribution in [0.5, 0.6) is 28.7 Å². The third-order valence-corrected chi connectivity index (χ3v) is 28.6. The third kappa shape index (κ3) is 25.2. The van der Waals surface area contributed by atoms with Crippen LogP contribution in [0.3, 0.4) is 0 Å². The Bertz CT molecular complexity index is 7760. The van der Waals surface area contributed by atoms with Crippen molar-refractivity contribution in [3.63, 3.8) is 0 Å². The largest absolute Gasteiger partial charge is 0.497 e. The van der Waals surface area contributed by atoms with Gasteiger partial charge in [0.05, 0.1) is 99.8 Å². The summed E-state index contributed by atoms with van der Waals surface area (Å²) in [6.45, 7) is 24.9. The van der Waals surface area contributed by atoms with Crippen LogP contribution in [0.25, 0.3) is 82.3 Å². The van der Waals surface area contributed by atoms with Gasteiger partial charge in [0.2, 0.25) is 0 Å². The van der Waals surface area contributed by atoms with E-state index in [2.05, 4.69) is 64.3 Å². The number of thiophene rings is 5. The monoisotopic (exact) mass is 2110 g/mol. The molecule has 11 aromatic heterocycles. The molecule has 2 fully saturated rings. The minimum atomic E-state index is -1.19. The van der Waals surface area contributed by atoms with Crippen molar-refractivity contribution in [3.8, 4) is 57.2 Å². The number of rotatable bonds is 29. The number of pyridine rings is 1. The molecule has 2 aliphatic rings. The molecule has 42 heteroatoms. The van der Waals surface area contributed by atoms with Crippen LogP contribution in [0.2, 0.25) is 0 Å². The highest BCUT2D eigenvalue weighted by atomic mass is 32.1. The van der Waals surface area contributed by atoms with Gasteiger partial charge in [-0.1, -0.05) is 19.8 Å². The first-order valence-corrected chi connectivity index (χ1v) is 52.4. The van der Waals surface area contributed by atoms with Gasteiger partial charge in [-0.25, -0.2) is 8.78 Å². The van der Waals surface area contributed by atoms with Crippen LogP contribution in [0.15, 0.2) is 191 Å². The topological polar surface area (TPSA) is 411 Å². The Balaban J connectivity index is 0.000000146. The molecule has 1 unspecified atom stereocenters. The maximum atomic E-state index is 13.6. The predicted molar refractivity (Wildman–Crippen MR) is 576 cm³/mol. The summed E-state index contributed by atoms with van der Waals surface area (Å²) >= 11 is 6.94. The van der Waals surface area contributed by atoms with Crippen LogP contribution in [0.1, 0.15) is 158 Å². The third-order valence-electron chi connectivity index (χ3n) is 24.2. The SMILES string of the molecule is CCCC1CCN(C(=O)c2nn(-c3ccc(OC)cc3)c(=O)c3c(N)scc23)CC1.COc1ccc(-n2nc(C(=O)N3CCN(c4ccc(C)nc4)CC3)c3csc(C)c3c2=O)cc1.Cc1scc2c(C(=O)NC(C)C)nn(-c3ccc(OCC(O)C[18F])cc3)c(=O)c12.Cc1scc2c(C(=O)NC(C)C)nn(-c3ccc(OCCC[18F])cc3)c(=O)c12.Cc1scc2c(C(=O)NC(C)C)nn(-c3ccc(OCC[18F])cc3)c(=O)c12. The fraction of sp³-hybridized carbons (Fsp3) is 0.340. The highest BCUT2D eigenvalue weighted by molar-refractivity contribution is 7.16. The van der Waals surface area contributed by atoms with E-state index >= 15 is 0 Å². The molecule has 6 N–H and O–H groups in total. The minimum Gasteiger partial charge on any atom is -0.497 e. The van der Waals surface area contributed by atoms with Crippen molar-refractivity contribution >= 4 is 151 Å². The second-order valence-corrected chi connectivity index (χ2v) is 41.1. The van der Waals surface area contributed by atoms with E-state index in [1.807, 2.05) is 104 Å². The number of fused-ring (bicyclic) bond motifs is 5. The number of aryl methyl sites for hydroxylation is 5. The lowest BCUT2D eigenvalue weighted by Crippen LogP contribution is -2.49. The van der Waals surface area contributed by atoms with Crippen molar-refractivity contribution in [1.82, 2.24) is 79.6 Å². The van der Waals surface area contributed by atoms with E-state index in [1.54, 1.807) is 157 Å². The van der Waals surface area contributed by atoms with Gasteiger partial charge < -0.3 is 65.2 Å². The van der Waals surface area contributed by atoms with E-state index < -0.39 is 26.1 Å². The van der Waals surface area contributed by atoms with E-state index in [0.29, 0.717) is 173 Å². The van der Waals surface area contributed by atoms with Gasteiger partial charge >= 0.3 is 0 Å². The molecule has 0 bridgehead atoms. The van der Waals surface area contributed by atoms with Crippen LogP contribution in [0.4, 0.5) is 23.9 Å². The summed E-state index contributed by atoms with van der Waals surface area (Å²) in [6, 6.07) is 37.7. The van der Waals surface area contributed by atoms with Crippen molar-refractivity contribution in [2.45, 2.75) is 139 Å². The normalized spacial score (nSPS) is 12.8. The Morgan fingerprint density at radius 1 is 0.412 bits per heavy atom. The van der Waals surface area contributed by atoms with Gasteiger partial charge in [-0.2, -0.15) is 48.9 Å². The van der Waals surface area contributed by atoms with E-state index in [9.17, 15) is 66.2 Å². The number of nitrogens with two attached hydrogens (primary N) is 1. The molecule has 5 amide bonds. The smallest absolute Gasteiger partial charge is 0.282 e. The first kappa shape index (κ1) is 109.